The maximum absolute atomic E-state index is 12.3. The van der Waals surface area contributed by atoms with Gasteiger partial charge in [0.05, 0.1) is 13.3 Å². The van der Waals surface area contributed by atoms with Gasteiger partial charge in [-0.25, -0.2) is 0 Å². The summed E-state index contributed by atoms with van der Waals surface area (Å²) in [7, 11) is 1.35. The number of oxime groups is 1. The Labute approximate surface area is 151 Å². The number of hydrogen-bond acceptors (Lipinski definition) is 5. The van der Waals surface area contributed by atoms with Gasteiger partial charge in [-0.1, -0.05) is 19.0 Å². The maximum Gasteiger partial charge on any atom is 0.387 e. The summed E-state index contributed by atoms with van der Waals surface area (Å²) in [4.78, 5) is 19.0. The molecule has 1 fully saturated rings. The second-order valence-electron chi connectivity index (χ2n) is 6.54. The molecule has 2 unspecified atom stereocenters. The number of benzene rings is 1. The van der Waals surface area contributed by atoms with E-state index in [1.54, 1.807) is 4.90 Å². The Morgan fingerprint density at radius 3 is 2.62 bits per heavy atom. The van der Waals surface area contributed by atoms with Gasteiger partial charge in [0, 0.05) is 18.7 Å². The zero-order valence-corrected chi connectivity index (χ0v) is 15.2. The topological polar surface area (TPSA) is 60.4 Å². The predicted octanol–water partition coefficient (Wildman–Crippen LogP) is 3.15. The van der Waals surface area contributed by atoms with Gasteiger partial charge in [-0.3, -0.25) is 4.79 Å². The molecule has 0 radical (unpaired) electrons. The third kappa shape index (κ3) is 5.86. The van der Waals surface area contributed by atoms with Crippen molar-refractivity contribution in [2.75, 3.05) is 26.8 Å². The normalized spacial score (nSPS) is 20.5. The smallest absolute Gasteiger partial charge is 0.387 e. The van der Waals surface area contributed by atoms with Crippen LogP contribution in [0.2, 0.25) is 0 Å². The second-order valence-corrected chi connectivity index (χ2v) is 6.54. The average Bonchev–Trinajstić information content (AvgIpc) is 2.58. The predicted molar refractivity (Wildman–Crippen MR) is 92.7 cm³/mol. The van der Waals surface area contributed by atoms with E-state index < -0.39 is 6.61 Å². The molecule has 6 nitrogen and oxygen atoms in total. The van der Waals surface area contributed by atoms with Crippen molar-refractivity contribution >= 4 is 12.1 Å². The Kier molecular flexibility index (Phi) is 7.17. The summed E-state index contributed by atoms with van der Waals surface area (Å²) >= 11 is 0. The fourth-order valence-corrected chi connectivity index (χ4v) is 3.11. The van der Waals surface area contributed by atoms with Crippen LogP contribution in [0.1, 0.15) is 25.8 Å². The zero-order valence-electron chi connectivity index (χ0n) is 15.2. The van der Waals surface area contributed by atoms with Crippen molar-refractivity contribution in [3.8, 4) is 11.5 Å². The lowest BCUT2D eigenvalue weighted by atomic mass is 9.92. The number of halogens is 2. The van der Waals surface area contributed by atoms with E-state index in [9.17, 15) is 13.6 Å². The molecule has 26 heavy (non-hydrogen) atoms. The number of amides is 1. The lowest BCUT2D eigenvalue weighted by molar-refractivity contribution is -0.138. The van der Waals surface area contributed by atoms with Crippen LogP contribution in [0.4, 0.5) is 8.78 Å². The van der Waals surface area contributed by atoms with Crippen LogP contribution in [-0.2, 0) is 9.63 Å². The number of methoxy groups -OCH3 is 1. The van der Waals surface area contributed by atoms with E-state index in [0.29, 0.717) is 17.4 Å². The van der Waals surface area contributed by atoms with Crippen LogP contribution in [0, 0.1) is 11.8 Å². The van der Waals surface area contributed by atoms with Gasteiger partial charge in [0.25, 0.3) is 5.91 Å². The van der Waals surface area contributed by atoms with Crippen molar-refractivity contribution < 1.29 is 27.9 Å². The van der Waals surface area contributed by atoms with E-state index >= 15 is 0 Å². The molecule has 0 bridgehead atoms. The minimum atomic E-state index is -2.93. The first-order valence-electron chi connectivity index (χ1n) is 8.45. The lowest BCUT2D eigenvalue weighted by Crippen LogP contribution is -2.44. The minimum Gasteiger partial charge on any atom is -0.493 e. The van der Waals surface area contributed by atoms with Crippen LogP contribution < -0.4 is 9.47 Å². The second kappa shape index (κ2) is 9.35. The first-order chi connectivity index (χ1) is 12.4. The summed E-state index contributed by atoms with van der Waals surface area (Å²) in [6, 6.07) is 4.37. The third-order valence-corrected chi connectivity index (χ3v) is 4.09. The van der Waals surface area contributed by atoms with E-state index in [4.69, 9.17) is 9.57 Å². The largest absolute Gasteiger partial charge is 0.493 e. The van der Waals surface area contributed by atoms with Crippen LogP contribution in [0.5, 0.6) is 11.5 Å². The monoisotopic (exact) mass is 370 g/mol. The molecule has 1 aliphatic heterocycles. The molecule has 0 saturated carbocycles. The van der Waals surface area contributed by atoms with Crippen LogP contribution in [0.15, 0.2) is 23.4 Å². The van der Waals surface area contributed by atoms with Gasteiger partial charge in [0.1, 0.15) is 0 Å². The van der Waals surface area contributed by atoms with Crippen molar-refractivity contribution in [1.82, 2.24) is 4.90 Å². The average molecular weight is 370 g/mol. The summed E-state index contributed by atoms with van der Waals surface area (Å²) in [5, 5.41) is 3.76. The number of nitrogens with zero attached hydrogens (tertiary/aromatic N) is 2. The van der Waals surface area contributed by atoms with Crippen LogP contribution in [0.3, 0.4) is 0 Å². The van der Waals surface area contributed by atoms with Gasteiger partial charge in [0.2, 0.25) is 0 Å². The van der Waals surface area contributed by atoms with E-state index in [1.807, 2.05) is 0 Å². The van der Waals surface area contributed by atoms with Gasteiger partial charge in [-0.2, -0.15) is 8.78 Å². The number of likely N-dealkylation sites (tertiary alicyclic amines) is 1. The number of alkyl halides is 2. The summed E-state index contributed by atoms with van der Waals surface area (Å²) in [6.45, 7) is 2.66. The van der Waals surface area contributed by atoms with Crippen LogP contribution >= 0.6 is 0 Å². The molecule has 1 aromatic carbocycles. The first-order valence-corrected chi connectivity index (χ1v) is 8.45. The molecule has 1 aliphatic rings. The van der Waals surface area contributed by atoms with Crippen molar-refractivity contribution in [3.05, 3.63) is 23.8 Å². The van der Waals surface area contributed by atoms with Crippen LogP contribution in [-0.4, -0.2) is 50.4 Å². The van der Waals surface area contributed by atoms with Crippen LogP contribution in [0.25, 0.3) is 0 Å². The Morgan fingerprint density at radius 2 is 2.00 bits per heavy atom. The van der Waals surface area contributed by atoms with Gasteiger partial charge < -0.3 is 19.2 Å². The van der Waals surface area contributed by atoms with Crippen molar-refractivity contribution in [2.24, 2.45) is 17.0 Å². The highest BCUT2D eigenvalue weighted by molar-refractivity contribution is 5.81. The number of ether oxygens (including phenoxy) is 2. The molecular weight excluding hydrogens is 346 g/mol. The molecule has 0 aliphatic carbocycles. The van der Waals surface area contributed by atoms with E-state index in [-0.39, 0.29) is 24.0 Å². The molecule has 1 heterocycles. The number of rotatable bonds is 7. The molecule has 144 valence electrons. The number of piperidine rings is 1. The zero-order chi connectivity index (χ0) is 19.1. The Hall–Kier alpha value is -2.38. The quantitative estimate of drug-likeness (QED) is 0.546. The fourth-order valence-electron chi connectivity index (χ4n) is 3.11. The van der Waals surface area contributed by atoms with E-state index in [2.05, 4.69) is 23.7 Å². The van der Waals surface area contributed by atoms with Crippen molar-refractivity contribution in [1.29, 1.82) is 0 Å². The first kappa shape index (κ1) is 19.9. The van der Waals surface area contributed by atoms with Gasteiger partial charge in [-0.05, 0) is 36.5 Å². The Bertz CT molecular complexity index is 630. The molecule has 1 amide bonds. The maximum atomic E-state index is 12.3. The highest BCUT2D eigenvalue weighted by atomic mass is 19.3. The Balaban J connectivity index is 1.87. The van der Waals surface area contributed by atoms with Gasteiger partial charge >= 0.3 is 6.61 Å². The SMILES string of the molecule is COc1cc(/C=N/OCC(=O)N2CC(C)CC(C)C2)ccc1OC(F)F. The minimum absolute atomic E-state index is 0.0657. The van der Waals surface area contributed by atoms with Gasteiger partial charge in [0.15, 0.2) is 18.1 Å². The molecular formula is C18H24F2N2O4. The molecule has 0 N–H and O–H groups in total. The molecule has 8 heteroatoms. The highest BCUT2D eigenvalue weighted by Crippen LogP contribution is 2.29. The lowest BCUT2D eigenvalue weighted by Gasteiger charge is -2.34. The van der Waals surface area contributed by atoms with E-state index in [1.165, 1.54) is 31.5 Å². The molecule has 0 aromatic heterocycles. The molecule has 2 atom stereocenters. The fraction of sp³-hybridized carbons (Fsp3) is 0.556. The molecule has 2 rings (SSSR count). The number of carbonyl (C=O) groups excluding carboxylic acids is 1. The van der Waals surface area contributed by atoms with Gasteiger partial charge in [-0.15, -0.1) is 0 Å². The summed E-state index contributed by atoms with van der Waals surface area (Å²) in [5.41, 5.74) is 0.566. The number of hydrogen-bond donors (Lipinski definition) is 0. The summed E-state index contributed by atoms with van der Waals surface area (Å²) in [5.74, 6) is 0.949. The molecule has 0 spiro atoms. The standard InChI is InChI=1S/C18H24F2N2O4/c1-12-6-13(2)10-22(9-12)17(23)11-25-21-8-14-4-5-15(26-18(19)20)16(7-14)24-3/h4-5,7-8,12-13,18H,6,9-11H2,1-3H3/b21-8+. The Morgan fingerprint density at radius 1 is 1.31 bits per heavy atom. The third-order valence-electron chi connectivity index (χ3n) is 4.09. The van der Waals surface area contributed by atoms with Crippen molar-refractivity contribution in [3.63, 3.8) is 0 Å². The number of carbonyl (C=O) groups is 1. The molecule has 1 saturated heterocycles. The summed E-state index contributed by atoms with van der Waals surface area (Å²) in [6.07, 6.45) is 2.50. The summed E-state index contributed by atoms with van der Waals surface area (Å²) < 4.78 is 34.0. The highest BCUT2D eigenvalue weighted by Gasteiger charge is 2.25. The van der Waals surface area contributed by atoms with E-state index in [0.717, 1.165) is 19.5 Å². The van der Waals surface area contributed by atoms with Crippen molar-refractivity contribution in [2.45, 2.75) is 26.9 Å². The molecule has 1 aromatic rings.